The van der Waals surface area contributed by atoms with E-state index >= 15 is 0 Å². The lowest BCUT2D eigenvalue weighted by molar-refractivity contribution is 0.372. The summed E-state index contributed by atoms with van der Waals surface area (Å²) in [7, 11) is -7.01. The molecular weight excluding hydrogens is 428 g/mol. The molecule has 0 saturated carbocycles. The molecule has 0 heterocycles. The first-order valence-electron chi connectivity index (χ1n) is 7.62. The molecule has 0 aliphatic rings. The summed E-state index contributed by atoms with van der Waals surface area (Å²) in [5, 5.41) is 0. The van der Waals surface area contributed by atoms with Gasteiger partial charge in [0, 0.05) is 24.1 Å². The summed E-state index contributed by atoms with van der Waals surface area (Å²) in [6, 6.07) is 6.20. The highest BCUT2D eigenvalue weighted by Gasteiger charge is 2.27. The van der Waals surface area contributed by atoms with Gasteiger partial charge in [-0.25, -0.2) is 21.6 Å². The Hall–Kier alpha value is -0.960. The minimum Gasteiger partial charge on any atom is -0.215 e. The third-order valence-electron chi connectivity index (χ3n) is 3.40. The van der Waals surface area contributed by atoms with Crippen LogP contribution in [0.4, 0.5) is 0 Å². The first-order chi connectivity index (χ1) is 11.6. The fourth-order valence-corrected chi connectivity index (χ4v) is 4.43. The van der Waals surface area contributed by atoms with E-state index in [1.54, 1.807) is 37.3 Å². The van der Waals surface area contributed by atoms with Crippen LogP contribution in [0.3, 0.4) is 0 Å². The zero-order valence-corrected chi connectivity index (χ0v) is 17.7. The molecule has 0 amide bonds. The van der Waals surface area contributed by atoms with Crippen LogP contribution in [0.25, 0.3) is 0 Å². The van der Waals surface area contributed by atoms with Gasteiger partial charge < -0.3 is 0 Å². The lowest BCUT2D eigenvalue weighted by atomic mass is 10.2. The predicted molar refractivity (Wildman–Crippen MR) is 104 cm³/mol. The molecule has 1 atom stereocenters. The molecular formula is C16H23BrN2O4S2. The largest absolute Gasteiger partial charge is 0.243 e. The van der Waals surface area contributed by atoms with Crippen LogP contribution in [-0.2, 0) is 20.0 Å². The first kappa shape index (κ1) is 22.1. The van der Waals surface area contributed by atoms with E-state index in [1.807, 2.05) is 6.92 Å². The smallest absolute Gasteiger partial charge is 0.215 e. The lowest BCUT2D eigenvalue weighted by Gasteiger charge is -2.26. The van der Waals surface area contributed by atoms with Crippen molar-refractivity contribution < 1.29 is 16.8 Å². The third-order valence-corrected chi connectivity index (χ3v) is 6.40. The van der Waals surface area contributed by atoms with E-state index in [1.165, 1.54) is 9.29 Å². The van der Waals surface area contributed by atoms with Gasteiger partial charge in [0.05, 0.1) is 11.2 Å². The van der Waals surface area contributed by atoms with Crippen LogP contribution in [0, 0.1) is 6.92 Å². The maximum absolute atomic E-state index is 13.0. The van der Waals surface area contributed by atoms with Gasteiger partial charge in [0.15, 0.2) is 0 Å². The molecule has 0 unspecified atom stereocenters. The highest BCUT2D eigenvalue weighted by molar-refractivity contribution is 9.11. The summed E-state index contributed by atoms with van der Waals surface area (Å²) in [6.45, 7) is 3.99. The molecule has 1 aromatic carbocycles. The van der Waals surface area contributed by atoms with E-state index in [4.69, 9.17) is 0 Å². The SMILES string of the molecule is Cc1ccc(S(=O)(=O)N(CCCNS(C)(=O)=O)[C@@H](C)C=C=CBr)cc1. The van der Waals surface area contributed by atoms with Crippen molar-refractivity contribution in [2.45, 2.75) is 31.2 Å². The Kier molecular flexibility index (Phi) is 8.53. The second-order valence-corrected chi connectivity index (χ2v) is 9.81. The number of rotatable bonds is 9. The van der Waals surface area contributed by atoms with E-state index in [0.29, 0.717) is 6.42 Å². The number of aryl methyl sites for hydroxylation is 1. The van der Waals surface area contributed by atoms with Crippen LogP contribution in [0.1, 0.15) is 18.9 Å². The van der Waals surface area contributed by atoms with Crippen LogP contribution in [0.5, 0.6) is 0 Å². The van der Waals surface area contributed by atoms with Crippen molar-refractivity contribution in [2.24, 2.45) is 0 Å². The number of hydrogen-bond acceptors (Lipinski definition) is 4. The molecule has 6 nitrogen and oxygen atoms in total. The van der Waals surface area contributed by atoms with Gasteiger partial charge in [-0.15, -0.1) is 5.73 Å². The molecule has 1 aromatic rings. The molecule has 0 aromatic heterocycles. The Morgan fingerprint density at radius 3 is 2.36 bits per heavy atom. The van der Waals surface area contributed by atoms with Gasteiger partial charge in [-0.1, -0.05) is 33.6 Å². The van der Waals surface area contributed by atoms with Crippen LogP contribution >= 0.6 is 15.9 Å². The Labute approximate surface area is 158 Å². The van der Waals surface area contributed by atoms with Crippen molar-refractivity contribution in [1.82, 2.24) is 9.03 Å². The number of sulfonamides is 2. The molecule has 25 heavy (non-hydrogen) atoms. The molecule has 140 valence electrons. The molecule has 1 rings (SSSR count). The second kappa shape index (κ2) is 9.66. The van der Waals surface area contributed by atoms with Gasteiger partial charge in [-0.3, -0.25) is 0 Å². The van der Waals surface area contributed by atoms with Crippen molar-refractivity contribution >= 4 is 36.0 Å². The zero-order chi connectivity index (χ0) is 19.1. The highest BCUT2D eigenvalue weighted by atomic mass is 79.9. The Morgan fingerprint density at radius 2 is 1.84 bits per heavy atom. The molecule has 0 spiro atoms. The molecule has 0 radical (unpaired) electrons. The van der Waals surface area contributed by atoms with Gasteiger partial charge in [0.1, 0.15) is 0 Å². The Bertz CT molecular complexity index is 827. The van der Waals surface area contributed by atoms with Crippen molar-refractivity contribution in [3.05, 3.63) is 46.6 Å². The highest BCUT2D eigenvalue weighted by Crippen LogP contribution is 2.19. The van der Waals surface area contributed by atoms with Gasteiger partial charge in [-0.05, 0) is 38.5 Å². The molecule has 0 aliphatic heterocycles. The minimum absolute atomic E-state index is 0.170. The Balaban J connectivity index is 3.04. The van der Waals surface area contributed by atoms with Gasteiger partial charge in [0.2, 0.25) is 20.0 Å². The maximum atomic E-state index is 13.0. The summed E-state index contributed by atoms with van der Waals surface area (Å²) >= 11 is 3.10. The molecule has 0 bridgehead atoms. The van der Waals surface area contributed by atoms with Crippen LogP contribution in [-0.4, -0.2) is 46.5 Å². The van der Waals surface area contributed by atoms with Crippen molar-refractivity contribution in [1.29, 1.82) is 0 Å². The number of nitrogens with zero attached hydrogens (tertiary/aromatic N) is 1. The van der Waals surface area contributed by atoms with Crippen LogP contribution in [0.15, 0.2) is 46.0 Å². The molecule has 0 aliphatic carbocycles. The molecule has 1 N–H and O–H groups in total. The van der Waals surface area contributed by atoms with Crippen LogP contribution in [0.2, 0.25) is 0 Å². The Morgan fingerprint density at radius 1 is 1.24 bits per heavy atom. The maximum Gasteiger partial charge on any atom is 0.243 e. The summed E-state index contributed by atoms with van der Waals surface area (Å²) in [5.74, 6) is 0. The van der Waals surface area contributed by atoms with Crippen molar-refractivity contribution in [3.63, 3.8) is 0 Å². The fraction of sp³-hybridized carbons (Fsp3) is 0.438. The molecule has 0 fully saturated rings. The molecule has 0 saturated heterocycles. The van der Waals surface area contributed by atoms with Crippen molar-refractivity contribution in [2.75, 3.05) is 19.3 Å². The summed E-state index contributed by atoms with van der Waals surface area (Å²) in [4.78, 5) is 1.73. The van der Waals surface area contributed by atoms with Crippen LogP contribution < -0.4 is 4.72 Å². The number of halogens is 1. The number of benzene rings is 1. The van der Waals surface area contributed by atoms with E-state index in [2.05, 4.69) is 26.4 Å². The average molecular weight is 451 g/mol. The minimum atomic E-state index is -3.71. The van der Waals surface area contributed by atoms with E-state index < -0.39 is 26.1 Å². The summed E-state index contributed by atoms with van der Waals surface area (Å²) in [5.41, 5.74) is 3.80. The normalized spacial score (nSPS) is 13.3. The number of nitrogens with one attached hydrogen (secondary N) is 1. The lowest BCUT2D eigenvalue weighted by Crippen LogP contribution is -2.39. The monoisotopic (exact) mass is 450 g/mol. The topological polar surface area (TPSA) is 83.6 Å². The summed E-state index contributed by atoms with van der Waals surface area (Å²) < 4.78 is 51.9. The quantitative estimate of drug-likeness (QED) is 0.462. The van der Waals surface area contributed by atoms with Crippen molar-refractivity contribution in [3.8, 4) is 0 Å². The van der Waals surface area contributed by atoms with Gasteiger partial charge in [0.25, 0.3) is 0 Å². The van der Waals surface area contributed by atoms with Gasteiger partial charge in [-0.2, -0.15) is 4.31 Å². The van der Waals surface area contributed by atoms with E-state index in [9.17, 15) is 16.8 Å². The van der Waals surface area contributed by atoms with E-state index in [0.717, 1.165) is 11.8 Å². The fourth-order valence-electron chi connectivity index (χ4n) is 2.14. The first-order valence-corrected chi connectivity index (χ1v) is 11.9. The number of hydrogen-bond donors (Lipinski definition) is 1. The third kappa shape index (κ3) is 7.43. The predicted octanol–water partition coefficient (Wildman–Crippen LogP) is 2.38. The molecule has 9 heteroatoms. The standard InChI is InChI=1S/C16H23BrN2O4S2/c1-14-7-9-16(10-8-14)25(22,23)19(15(2)6-4-11-17)13-5-12-18-24(3,20)21/h6-11,15,18H,5,12-13H2,1-3H3/t4?,15-/m0/s1. The zero-order valence-electron chi connectivity index (χ0n) is 14.4. The summed E-state index contributed by atoms with van der Waals surface area (Å²) in [6.07, 6.45) is 3.05. The average Bonchev–Trinajstić information content (AvgIpc) is 2.51. The van der Waals surface area contributed by atoms with Gasteiger partial charge >= 0.3 is 0 Å². The van der Waals surface area contributed by atoms with E-state index in [-0.39, 0.29) is 18.0 Å². The second-order valence-electron chi connectivity index (χ2n) is 5.63.